The highest BCUT2D eigenvalue weighted by Gasteiger charge is 2.12. The van der Waals surface area contributed by atoms with E-state index in [9.17, 15) is 4.79 Å². The molecule has 1 aliphatic heterocycles. The number of carbonyl (C=O) groups excluding carboxylic acids is 1. The molecule has 0 aliphatic carbocycles. The number of amides is 2. The number of rotatable bonds is 3. The van der Waals surface area contributed by atoms with Gasteiger partial charge in [0, 0.05) is 19.1 Å². The summed E-state index contributed by atoms with van der Waals surface area (Å²) in [4.78, 5) is 18.1. The van der Waals surface area contributed by atoms with Crippen LogP contribution in [0.3, 0.4) is 0 Å². The summed E-state index contributed by atoms with van der Waals surface area (Å²) in [5.74, 6) is 0.915. The number of nitrogens with zero attached hydrogens (tertiary/aromatic N) is 2. The van der Waals surface area contributed by atoms with Crippen molar-refractivity contribution in [3.63, 3.8) is 0 Å². The number of ether oxygens (including phenoxy) is 1. The molecule has 104 valence electrons. The number of pyridine rings is 1. The zero-order chi connectivity index (χ0) is 13.7. The molecule has 2 rings (SSSR count). The molecule has 0 saturated carbocycles. The Hall–Kier alpha value is -1.82. The van der Waals surface area contributed by atoms with E-state index in [4.69, 9.17) is 4.74 Å². The molecule has 0 spiro atoms. The molecule has 1 saturated heterocycles. The van der Waals surface area contributed by atoms with Crippen molar-refractivity contribution < 1.29 is 9.53 Å². The predicted molar refractivity (Wildman–Crippen MR) is 74.6 cm³/mol. The normalized spacial score (nSPS) is 15.4. The Morgan fingerprint density at radius 1 is 1.37 bits per heavy atom. The molecule has 1 aliphatic rings. The standard InChI is InChI=1S/C13H20N4O2/c1-10(2)15-13(18)16-11-3-4-12(14-9-11)17-5-7-19-8-6-17/h3-4,9-10H,5-8H2,1-2H3,(H2,15,16,18). The molecule has 2 amide bonds. The van der Waals surface area contributed by atoms with Crippen LogP contribution in [0.4, 0.5) is 16.3 Å². The van der Waals surface area contributed by atoms with Crippen molar-refractivity contribution in [1.82, 2.24) is 10.3 Å². The Bertz CT molecular complexity index is 413. The third-order valence-corrected chi connectivity index (χ3v) is 2.76. The van der Waals surface area contributed by atoms with E-state index in [1.165, 1.54) is 0 Å². The number of carbonyl (C=O) groups is 1. The van der Waals surface area contributed by atoms with Crippen LogP contribution in [0.2, 0.25) is 0 Å². The van der Waals surface area contributed by atoms with Crippen LogP contribution in [0.5, 0.6) is 0 Å². The molecule has 0 unspecified atom stereocenters. The number of morpholine rings is 1. The summed E-state index contributed by atoms with van der Waals surface area (Å²) >= 11 is 0. The highest BCUT2D eigenvalue weighted by Crippen LogP contribution is 2.15. The fourth-order valence-electron chi connectivity index (χ4n) is 1.87. The van der Waals surface area contributed by atoms with E-state index in [1.54, 1.807) is 6.20 Å². The molecule has 1 fully saturated rings. The average Bonchev–Trinajstić information content (AvgIpc) is 2.39. The average molecular weight is 264 g/mol. The summed E-state index contributed by atoms with van der Waals surface area (Å²) in [5.41, 5.74) is 0.690. The maximum atomic E-state index is 11.5. The van der Waals surface area contributed by atoms with Crippen LogP contribution >= 0.6 is 0 Å². The summed E-state index contributed by atoms with van der Waals surface area (Å²) in [6.45, 7) is 7.01. The Morgan fingerprint density at radius 3 is 2.68 bits per heavy atom. The maximum absolute atomic E-state index is 11.5. The molecule has 2 heterocycles. The van der Waals surface area contributed by atoms with E-state index in [0.29, 0.717) is 5.69 Å². The minimum atomic E-state index is -0.212. The molecular weight excluding hydrogens is 244 g/mol. The number of hydrogen-bond donors (Lipinski definition) is 2. The summed E-state index contributed by atoms with van der Waals surface area (Å²) in [5, 5.41) is 5.51. The topological polar surface area (TPSA) is 66.5 Å². The molecule has 0 aromatic carbocycles. The van der Waals surface area contributed by atoms with Gasteiger partial charge in [0.2, 0.25) is 0 Å². The van der Waals surface area contributed by atoms with Crippen molar-refractivity contribution in [2.75, 3.05) is 36.5 Å². The van der Waals surface area contributed by atoms with Crippen molar-refractivity contribution in [2.45, 2.75) is 19.9 Å². The Morgan fingerprint density at radius 2 is 2.11 bits per heavy atom. The molecule has 0 bridgehead atoms. The summed E-state index contributed by atoms with van der Waals surface area (Å²) in [6, 6.07) is 3.67. The predicted octanol–water partition coefficient (Wildman–Crippen LogP) is 1.45. The van der Waals surface area contributed by atoms with Gasteiger partial charge in [-0.2, -0.15) is 0 Å². The Balaban J connectivity index is 1.92. The summed E-state index contributed by atoms with van der Waals surface area (Å²) < 4.78 is 5.30. The van der Waals surface area contributed by atoms with Crippen LogP contribution < -0.4 is 15.5 Å². The fraction of sp³-hybridized carbons (Fsp3) is 0.538. The van der Waals surface area contributed by atoms with Gasteiger partial charge in [-0.25, -0.2) is 9.78 Å². The number of hydrogen-bond acceptors (Lipinski definition) is 4. The minimum Gasteiger partial charge on any atom is -0.378 e. The first kappa shape index (κ1) is 13.6. The molecular formula is C13H20N4O2. The lowest BCUT2D eigenvalue weighted by Gasteiger charge is -2.27. The Labute approximate surface area is 113 Å². The zero-order valence-electron chi connectivity index (χ0n) is 11.3. The zero-order valence-corrected chi connectivity index (χ0v) is 11.3. The van der Waals surface area contributed by atoms with Gasteiger partial charge in [0.15, 0.2) is 0 Å². The highest BCUT2D eigenvalue weighted by molar-refractivity contribution is 5.89. The number of urea groups is 1. The van der Waals surface area contributed by atoms with Gasteiger partial charge < -0.3 is 20.3 Å². The molecule has 1 aromatic heterocycles. The first-order chi connectivity index (χ1) is 9.15. The van der Waals surface area contributed by atoms with Crippen LogP contribution in [0.25, 0.3) is 0 Å². The van der Waals surface area contributed by atoms with Crippen LogP contribution in [0.15, 0.2) is 18.3 Å². The van der Waals surface area contributed by atoms with E-state index in [0.717, 1.165) is 32.1 Å². The maximum Gasteiger partial charge on any atom is 0.319 e. The van der Waals surface area contributed by atoms with Crippen LogP contribution in [-0.4, -0.2) is 43.4 Å². The van der Waals surface area contributed by atoms with Gasteiger partial charge in [-0.15, -0.1) is 0 Å². The van der Waals surface area contributed by atoms with Gasteiger partial charge in [-0.3, -0.25) is 0 Å². The van der Waals surface area contributed by atoms with E-state index < -0.39 is 0 Å². The van der Waals surface area contributed by atoms with E-state index in [2.05, 4.69) is 20.5 Å². The first-order valence-corrected chi connectivity index (χ1v) is 6.51. The van der Waals surface area contributed by atoms with Gasteiger partial charge >= 0.3 is 6.03 Å². The molecule has 6 nitrogen and oxygen atoms in total. The van der Waals surface area contributed by atoms with Crippen LogP contribution in [0.1, 0.15) is 13.8 Å². The highest BCUT2D eigenvalue weighted by atomic mass is 16.5. The number of anilines is 2. The lowest BCUT2D eigenvalue weighted by molar-refractivity contribution is 0.122. The van der Waals surface area contributed by atoms with Crippen molar-refractivity contribution >= 4 is 17.5 Å². The third-order valence-electron chi connectivity index (χ3n) is 2.76. The molecule has 0 radical (unpaired) electrons. The van der Waals surface area contributed by atoms with Gasteiger partial charge in [-0.1, -0.05) is 0 Å². The van der Waals surface area contributed by atoms with Crippen molar-refractivity contribution in [3.8, 4) is 0 Å². The lowest BCUT2D eigenvalue weighted by Crippen LogP contribution is -2.36. The first-order valence-electron chi connectivity index (χ1n) is 6.51. The van der Waals surface area contributed by atoms with Crippen LogP contribution in [-0.2, 0) is 4.74 Å². The molecule has 2 N–H and O–H groups in total. The van der Waals surface area contributed by atoms with Crippen LogP contribution in [0, 0.1) is 0 Å². The quantitative estimate of drug-likeness (QED) is 0.867. The largest absolute Gasteiger partial charge is 0.378 e. The van der Waals surface area contributed by atoms with E-state index >= 15 is 0 Å². The van der Waals surface area contributed by atoms with Gasteiger partial charge in [0.05, 0.1) is 25.1 Å². The Kier molecular flexibility index (Phi) is 4.57. The van der Waals surface area contributed by atoms with Gasteiger partial charge in [-0.05, 0) is 26.0 Å². The van der Waals surface area contributed by atoms with Crippen molar-refractivity contribution in [2.24, 2.45) is 0 Å². The smallest absolute Gasteiger partial charge is 0.319 e. The second-order valence-electron chi connectivity index (χ2n) is 4.76. The minimum absolute atomic E-state index is 0.112. The monoisotopic (exact) mass is 264 g/mol. The second kappa shape index (κ2) is 6.38. The second-order valence-corrected chi connectivity index (χ2v) is 4.76. The third kappa shape index (κ3) is 4.10. The lowest BCUT2D eigenvalue weighted by atomic mass is 10.3. The van der Waals surface area contributed by atoms with Crippen molar-refractivity contribution in [1.29, 1.82) is 0 Å². The van der Waals surface area contributed by atoms with Gasteiger partial charge in [0.1, 0.15) is 5.82 Å². The summed E-state index contributed by atoms with van der Waals surface area (Å²) in [7, 11) is 0. The SMILES string of the molecule is CC(C)NC(=O)Nc1ccc(N2CCOCC2)nc1. The van der Waals surface area contributed by atoms with E-state index in [-0.39, 0.29) is 12.1 Å². The summed E-state index contributed by atoms with van der Waals surface area (Å²) in [6.07, 6.45) is 1.67. The molecule has 1 aromatic rings. The fourth-order valence-corrected chi connectivity index (χ4v) is 1.87. The molecule has 6 heteroatoms. The van der Waals surface area contributed by atoms with Gasteiger partial charge in [0.25, 0.3) is 0 Å². The molecule has 0 atom stereocenters. The molecule has 19 heavy (non-hydrogen) atoms. The van der Waals surface area contributed by atoms with E-state index in [1.807, 2.05) is 26.0 Å². The number of aromatic nitrogens is 1. The van der Waals surface area contributed by atoms with Crippen molar-refractivity contribution in [3.05, 3.63) is 18.3 Å². The number of nitrogens with one attached hydrogen (secondary N) is 2.